The number of rotatable bonds is 10. The van der Waals surface area contributed by atoms with Gasteiger partial charge in [0.1, 0.15) is 18.1 Å². The second-order valence-electron chi connectivity index (χ2n) is 10.2. The summed E-state index contributed by atoms with van der Waals surface area (Å²) in [6.45, 7) is 0.167. The van der Waals surface area contributed by atoms with E-state index >= 15 is 0 Å². The number of methoxy groups -OCH3 is 1. The number of aromatic nitrogens is 3. The van der Waals surface area contributed by atoms with Crippen molar-refractivity contribution in [2.24, 2.45) is 0 Å². The molecule has 244 valence electrons. The molecule has 0 saturated carbocycles. The highest BCUT2D eigenvalue weighted by atomic mass is 35.5. The Morgan fingerprint density at radius 1 is 1.04 bits per heavy atom. The molecule has 0 radical (unpaired) electrons. The van der Waals surface area contributed by atoms with Gasteiger partial charge in [0, 0.05) is 10.6 Å². The fourth-order valence-electron chi connectivity index (χ4n) is 4.02. The summed E-state index contributed by atoms with van der Waals surface area (Å²) in [7, 11) is 1.03. The second-order valence-corrected chi connectivity index (χ2v) is 10.6. The number of nitrogens with zero attached hydrogens (tertiary/aromatic N) is 3. The molecule has 1 aromatic heterocycles. The first-order valence-electron chi connectivity index (χ1n) is 12.8. The Hall–Kier alpha value is -4.38. The maximum absolute atomic E-state index is 13.4. The molecule has 0 aliphatic heterocycles. The molecule has 0 bridgehead atoms. The van der Waals surface area contributed by atoms with Crippen LogP contribution in [0.2, 0.25) is 5.02 Å². The summed E-state index contributed by atoms with van der Waals surface area (Å²) in [5.41, 5.74) is -4.38. The van der Waals surface area contributed by atoms with E-state index in [1.54, 1.807) is 0 Å². The molecule has 11 nitrogen and oxygen atoms in total. The van der Waals surface area contributed by atoms with Crippen LogP contribution in [0.4, 0.5) is 26.3 Å². The fraction of sp³-hybridized carbons (Fsp3) is 0.370. The molecular weight excluding hydrogens is 640 g/mol. The van der Waals surface area contributed by atoms with Crippen LogP contribution in [-0.4, -0.2) is 62.2 Å². The largest absolute Gasteiger partial charge is 0.467 e. The van der Waals surface area contributed by atoms with E-state index in [4.69, 9.17) is 11.6 Å². The molecule has 1 heterocycles. The minimum absolute atomic E-state index is 0.0938. The highest BCUT2D eigenvalue weighted by Gasteiger charge is 2.40. The topological polar surface area (TPSA) is 145 Å². The maximum atomic E-state index is 13.4. The molecule has 3 rings (SSSR count). The average Bonchev–Trinajstić information content (AvgIpc) is 3.24. The standard InChI is InChI=1S/C27H26ClF6N5O6/c1-25(2,23(43)45-3)36-22(42)20(15-5-4-6-16(11-15)26(29,30)31)35-19(41)13-39-24(44)38(12-18(40)27(32,33)34)21(37-39)14-7-9-17(28)10-8-14/h4-11,18,20,40H,12-13H2,1-3H3,(H,35,41)(H,36,42). The van der Waals surface area contributed by atoms with Crippen molar-refractivity contribution in [3.8, 4) is 11.4 Å². The van der Waals surface area contributed by atoms with Gasteiger partial charge in [-0.2, -0.15) is 26.3 Å². The Labute approximate surface area is 255 Å². The smallest absolute Gasteiger partial charge is 0.416 e. The second kappa shape index (κ2) is 13.3. The summed E-state index contributed by atoms with van der Waals surface area (Å²) >= 11 is 5.86. The van der Waals surface area contributed by atoms with E-state index in [0.717, 1.165) is 25.3 Å². The van der Waals surface area contributed by atoms with Crippen LogP contribution < -0.4 is 16.3 Å². The molecular formula is C27H26ClF6N5O6. The summed E-state index contributed by atoms with van der Waals surface area (Å²) < 4.78 is 85.2. The SMILES string of the molecule is COC(=O)C(C)(C)NC(=O)C(NC(=O)Cn1nc(-c2ccc(Cl)cc2)n(CC(O)C(F)(F)F)c1=O)c1cccc(C(F)(F)F)c1. The van der Waals surface area contributed by atoms with Crippen LogP contribution in [0, 0.1) is 0 Å². The minimum Gasteiger partial charge on any atom is -0.467 e. The Balaban J connectivity index is 2.01. The van der Waals surface area contributed by atoms with Gasteiger partial charge in [-0.1, -0.05) is 23.7 Å². The summed E-state index contributed by atoms with van der Waals surface area (Å²) in [4.78, 5) is 51.5. The zero-order chi connectivity index (χ0) is 33.9. The average molecular weight is 666 g/mol. The van der Waals surface area contributed by atoms with Gasteiger partial charge in [-0.15, -0.1) is 5.10 Å². The molecule has 0 aliphatic rings. The van der Waals surface area contributed by atoms with Crippen LogP contribution in [0.5, 0.6) is 0 Å². The van der Waals surface area contributed by atoms with Crippen LogP contribution >= 0.6 is 11.6 Å². The third-order valence-corrected chi connectivity index (χ3v) is 6.55. The van der Waals surface area contributed by atoms with Crippen molar-refractivity contribution in [1.82, 2.24) is 25.0 Å². The maximum Gasteiger partial charge on any atom is 0.416 e. The van der Waals surface area contributed by atoms with E-state index in [0.29, 0.717) is 15.3 Å². The number of nitrogens with one attached hydrogen (secondary N) is 2. The number of alkyl halides is 6. The number of ether oxygens (including phenoxy) is 1. The molecule has 3 N–H and O–H groups in total. The number of esters is 1. The van der Waals surface area contributed by atoms with Gasteiger partial charge < -0.3 is 20.5 Å². The molecule has 2 aromatic carbocycles. The first kappa shape index (κ1) is 35.1. The number of halogens is 7. The van der Waals surface area contributed by atoms with Crippen molar-refractivity contribution in [2.45, 2.75) is 57.0 Å². The fourth-order valence-corrected chi connectivity index (χ4v) is 4.15. The number of benzene rings is 2. The predicted octanol–water partition coefficient (Wildman–Crippen LogP) is 3.23. The third kappa shape index (κ3) is 8.63. The Morgan fingerprint density at radius 2 is 1.67 bits per heavy atom. The molecule has 0 fully saturated rings. The molecule has 3 aromatic rings. The zero-order valence-corrected chi connectivity index (χ0v) is 24.4. The summed E-state index contributed by atoms with van der Waals surface area (Å²) in [6.07, 6.45) is -12.9. The third-order valence-electron chi connectivity index (χ3n) is 6.30. The normalized spacial score (nSPS) is 13.6. The van der Waals surface area contributed by atoms with Crippen molar-refractivity contribution in [3.63, 3.8) is 0 Å². The zero-order valence-electron chi connectivity index (χ0n) is 23.7. The number of hydrogen-bond donors (Lipinski definition) is 3. The van der Waals surface area contributed by atoms with Gasteiger partial charge >= 0.3 is 24.0 Å². The van der Waals surface area contributed by atoms with Gasteiger partial charge in [0.05, 0.1) is 19.2 Å². The van der Waals surface area contributed by atoms with Gasteiger partial charge in [-0.25, -0.2) is 14.3 Å². The lowest BCUT2D eigenvalue weighted by Crippen LogP contribution is -2.54. The summed E-state index contributed by atoms with van der Waals surface area (Å²) in [6, 6.07) is 6.88. The highest BCUT2D eigenvalue weighted by molar-refractivity contribution is 6.30. The molecule has 0 aliphatic carbocycles. The molecule has 18 heteroatoms. The first-order chi connectivity index (χ1) is 20.7. The van der Waals surface area contributed by atoms with Gasteiger partial charge in [0.25, 0.3) is 0 Å². The van der Waals surface area contributed by atoms with Crippen LogP contribution in [0.25, 0.3) is 11.4 Å². The van der Waals surface area contributed by atoms with Crippen molar-refractivity contribution >= 4 is 29.4 Å². The van der Waals surface area contributed by atoms with E-state index < -0.39 is 72.2 Å². The van der Waals surface area contributed by atoms with Gasteiger partial charge in [0.15, 0.2) is 11.9 Å². The number of carbonyl (C=O) groups is 3. The predicted molar refractivity (Wildman–Crippen MR) is 146 cm³/mol. The first-order valence-corrected chi connectivity index (χ1v) is 13.2. The number of aliphatic hydroxyl groups excluding tert-OH is 1. The Kier molecular flexibility index (Phi) is 10.4. The molecule has 0 spiro atoms. The number of carbonyl (C=O) groups excluding carboxylic acids is 3. The van der Waals surface area contributed by atoms with Gasteiger partial charge in [-0.05, 0) is 55.8 Å². The van der Waals surface area contributed by atoms with E-state index in [1.807, 2.05) is 0 Å². The lowest BCUT2D eigenvalue weighted by molar-refractivity contribution is -0.207. The number of amides is 2. The van der Waals surface area contributed by atoms with Crippen LogP contribution in [0.15, 0.2) is 53.3 Å². The van der Waals surface area contributed by atoms with Crippen LogP contribution in [0.3, 0.4) is 0 Å². The Bertz CT molecular complexity index is 1620. The molecule has 0 saturated heterocycles. The van der Waals surface area contributed by atoms with E-state index in [-0.39, 0.29) is 22.0 Å². The van der Waals surface area contributed by atoms with Crippen LogP contribution in [-0.2, 0) is 38.4 Å². The van der Waals surface area contributed by atoms with E-state index in [2.05, 4.69) is 20.5 Å². The lowest BCUT2D eigenvalue weighted by Gasteiger charge is -2.27. The summed E-state index contributed by atoms with van der Waals surface area (Å²) in [5.74, 6) is -3.60. The minimum atomic E-state index is -5.11. The van der Waals surface area contributed by atoms with Crippen molar-refractivity contribution < 1.29 is 50.6 Å². The number of hydrogen-bond acceptors (Lipinski definition) is 7. The van der Waals surface area contributed by atoms with Crippen molar-refractivity contribution in [2.75, 3.05) is 7.11 Å². The molecule has 2 amide bonds. The van der Waals surface area contributed by atoms with Gasteiger partial charge in [-0.3, -0.25) is 14.2 Å². The highest BCUT2D eigenvalue weighted by Crippen LogP contribution is 2.31. The van der Waals surface area contributed by atoms with Crippen molar-refractivity contribution in [1.29, 1.82) is 0 Å². The monoisotopic (exact) mass is 665 g/mol. The molecule has 45 heavy (non-hydrogen) atoms. The Morgan fingerprint density at radius 3 is 2.22 bits per heavy atom. The molecule has 2 atom stereocenters. The van der Waals surface area contributed by atoms with E-state index in [1.165, 1.54) is 38.1 Å². The summed E-state index contributed by atoms with van der Waals surface area (Å²) in [5, 5.41) is 18.3. The van der Waals surface area contributed by atoms with Gasteiger partial charge in [0.2, 0.25) is 11.8 Å². The molecule has 2 unspecified atom stereocenters. The van der Waals surface area contributed by atoms with Crippen molar-refractivity contribution in [3.05, 3.63) is 75.2 Å². The lowest BCUT2D eigenvalue weighted by atomic mass is 10.00. The quantitative estimate of drug-likeness (QED) is 0.223. The van der Waals surface area contributed by atoms with Crippen LogP contribution in [0.1, 0.15) is 31.0 Å². The number of aliphatic hydroxyl groups is 1. The van der Waals surface area contributed by atoms with E-state index in [9.17, 15) is 50.6 Å².